The second kappa shape index (κ2) is 4.27. The van der Waals surface area contributed by atoms with Gasteiger partial charge in [-0.1, -0.05) is 11.6 Å². The maximum atomic E-state index is 6.23. The maximum absolute atomic E-state index is 6.23. The van der Waals surface area contributed by atoms with Gasteiger partial charge in [-0.3, -0.25) is 0 Å². The normalized spacial score (nSPS) is 13.1. The monoisotopic (exact) mass is 310 g/mol. The van der Waals surface area contributed by atoms with E-state index in [-0.39, 0.29) is 5.38 Å². The highest BCUT2D eigenvalue weighted by molar-refractivity contribution is 9.10. The molecule has 0 N–H and O–H groups in total. The molecular weight excluding hydrogens is 307 g/mol. The zero-order valence-corrected chi connectivity index (χ0v) is 10.8. The van der Waals surface area contributed by atoms with Crippen molar-refractivity contribution in [1.82, 2.24) is 0 Å². The summed E-state index contributed by atoms with van der Waals surface area (Å²) in [6.45, 7) is 0. The van der Waals surface area contributed by atoms with Crippen LogP contribution in [0.4, 0.5) is 0 Å². The van der Waals surface area contributed by atoms with E-state index in [0.29, 0.717) is 4.34 Å². The lowest BCUT2D eigenvalue weighted by Gasteiger charge is -2.01. The van der Waals surface area contributed by atoms with Gasteiger partial charge in [-0.15, -0.1) is 22.9 Å². The van der Waals surface area contributed by atoms with E-state index in [0.717, 1.165) is 14.9 Å². The van der Waals surface area contributed by atoms with Gasteiger partial charge in [-0.25, -0.2) is 0 Å². The van der Waals surface area contributed by atoms with Crippen molar-refractivity contribution >= 4 is 50.5 Å². The zero-order valence-electron chi connectivity index (χ0n) is 6.84. The molecule has 1 unspecified atom stereocenters. The largest absolute Gasteiger partial charge is 0.472 e. The third-order valence-corrected chi connectivity index (χ3v) is 4.91. The molecule has 0 saturated heterocycles. The summed E-state index contributed by atoms with van der Waals surface area (Å²) in [7, 11) is 0. The fourth-order valence-corrected chi connectivity index (χ4v) is 3.13. The fraction of sp³-hybridized carbons (Fsp3) is 0.111. The maximum Gasteiger partial charge on any atom is 0.107 e. The molecule has 2 aromatic heterocycles. The fourth-order valence-electron chi connectivity index (χ4n) is 1.07. The third kappa shape index (κ3) is 2.01. The van der Waals surface area contributed by atoms with Gasteiger partial charge >= 0.3 is 0 Å². The van der Waals surface area contributed by atoms with Crippen LogP contribution in [0.2, 0.25) is 4.34 Å². The summed E-state index contributed by atoms with van der Waals surface area (Å²) in [5.41, 5.74) is 0.942. The molecule has 0 aliphatic rings. The molecule has 0 aliphatic carbocycles. The van der Waals surface area contributed by atoms with Crippen LogP contribution in [0.3, 0.4) is 0 Å². The van der Waals surface area contributed by atoms with Crippen LogP contribution in [0.1, 0.15) is 15.8 Å². The molecule has 0 amide bonds. The lowest BCUT2D eigenvalue weighted by atomic mass is 10.2. The van der Waals surface area contributed by atoms with Gasteiger partial charge in [0.2, 0.25) is 0 Å². The first-order chi connectivity index (χ1) is 6.68. The molecule has 0 aliphatic heterocycles. The van der Waals surface area contributed by atoms with E-state index in [2.05, 4.69) is 15.9 Å². The summed E-state index contributed by atoms with van der Waals surface area (Å²) in [6.07, 6.45) is 3.24. The lowest BCUT2D eigenvalue weighted by Crippen LogP contribution is -1.85. The SMILES string of the molecule is Clc1sc(C(Cl)c2ccoc2)cc1Br. The molecule has 5 heteroatoms. The molecular formula is C9H5BrCl2OS. The second-order valence-electron chi connectivity index (χ2n) is 2.69. The summed E-state index contributed by atoms with van der Waals surface area (Å²) in [5, 5.41) is -0.192. The summed E-state index contributed by atoms with van der Waals surface area (Å²) in [5.74, 6) is 0. The van der Waals surface area contributed by atoms with Crippen LogP contribution in [-0.4, -0.2) is 0 Å². The van der Waals surface area contributed by atoms with Gasteiger partial charge in [0, 0.05) is 14.9 Å². The Bertz CT molecular complexity index is 404. The number of furan rings is 1. The van der Waals surface area contributed by atoms with Crippen LogP contribution in [0.25, 0.3) is 0 Å². The first-order valence-electron chi connectivity index (χ1n) is 3.79. The number of hydrogen-bond donors (Lipinski definition) is 0. The van der Waals surface area contributed by atoms with E-state index in [1.165, 1.54) is 11.3 Å². The molecule has 0 bridgehead atoms. The van der Waals surface area contributed by atoms with Crippen molar-refractivity contribution in [2.45, 2.75) is 5.38 Å². The van der Waals surface area contributed by atoms with Crippen molar-refractivity contribution in [2.24, 2.45) is 0 Å². The number of hydrogen-bond acceptors (Lipinski definition) is 2. The van der Waals surface area contributed by atoms with Crippen molar-refractivity contribution < 1.29 is 4.42 Å². The second-order valence-corrected chi connectivity index (χ2v) is 5.67. The number of thiophene rings is 1. The highest BCUT2D eigenvalue weighted by Crippen LogP contribution is 2.40. The van der Waals surface area contributed by atoms with Gasteiger partial charge in [-0.2, -0.15) is 0 Å². The standard InChI is InChI=1S/C9H5BrCl2OS/c10-6-3-7(14-9(6)12)8(11)5-1-2-13-4-5/h1-4,8H. The number of rotatable bonds is 2. The summed E-state index contributed by atoms with van der Waals surface area (Å²) in [4.78, 5) is 1.00. The average Bonchev–Trinajstić information content (AvgIpc) is 2.76. The Balaban J connectivity index is 2.32. The van der Waals surface area contributed by atoms with Gasteiger partial charge in [-0.05, 0) is 28.1 Å². The van der Waals surface area contributed by atoms with E-state index >= 15 is 0 Å². The summed E-state index contributed by atoms with van der Waals surface area (Å²) in [6, 6.07) is 3.77. The molecule has 2 aromatic rings. The molecule has 0 aromatic carbocycles. The third-order valence-electron chi connectivity index (χ3n) is 1.75. The number of halogens is 3. The van der Waals surface area contributed by atoms with Crippen LogP contribution in [-0.2, 0) is 0 Å². The van der Waals surface area contributed by atoms with Crippen LogP contribution in [0.5, 0.6) is 0 Å². The number of alkyl halides is 1. The zero-order chi connectivity index (χ0) is 10.1. The molecule has 74 valence electrons. The van der Waals surface area contributed by atoms with E-state index in [1.807, 2.05) is 12.1 Å². The molecule has 0 spiro atoms. The average molecular weight is 312 g/mol. The van der Waals surface area contributed by atoms with Crippen LogP contribution in [0.15, 0.2) is 33.5 Å². The van der Waals surface area contributed by atoms with Crippen molar-refractivity contribution in [3.8, 4) is 0 Å². The molecule has 0 radical (unpaired) electrons. The molecule has 0 fully saturated rings. The minimum atomic E-state index is -0.192. The predicted octanol–water partition coefficient (Wildman–Crippen LogP) is 5.09. The van der Waals surface area contributed by atoms with Crippen molar-refractivity contribution in [3.05, 3.63) is 43.9 Å². The molecule has 1 nitrogen and oxygen atoms in total. The highest BCUT2D eigenvalue weighted by Gasteiger charge is 2.16. The summed E-state index contributed by atoms with van der Waals surface area (Å²) < 4.78 is 6.57. The van der Waals surface area contributed by atoms with Crippen molar-refractivity contribution in [3.63, 3.8) is 0 Å². The Morgan fingerprint density at radius 3 is 2.79 bits per heavy atom. The van der Waals surface area contributed by atoms with Crippen LogP contribution < -0.4 is 0 Å². The van der Waals surface area contributed by atoms with Gasteiger partial charge < -0.3 is 4.42 Å². The van der Waals surface area contributed by atoms with Gasteiger partial charge in [0.05, 0.1) is 17.9 Å². The Labute approximate surface area is 104 Å². The Kier molecular flexibility index (Phi) is 3.22. The topological polar surface area (TPSA) is 13.1 Å². The highest BCUT2D eigenvalue weighted by atomic mass is 79.9. The molecule has 0 saturated carbocycles. The van der Waals surface area contributed by atoms with Gasteiger partial charge in [0.25, 0.3) is 0 Å². The van der Waals surface area contributed by atoms with Crippen LogP contribution in [0, 0.1) is 0 Å². The lowest BCUT2D eigenvalue weighted by molar-refractivity contribution is 0.564. The van der Waals surface area contributed by atoms with E-state index < -0.39 is 0 Å². The van der Waals surface area contributed by atoms with Crippen LogP contribution >= 0.6 is 50.5 Å². The quantitative estimate of drug-likeness (QED) is 0.704. The summed E-state index contributed by atoms with van der Waals surface area (Å²) >= 11 is 17.0. The predicted molar refractivity (Wildman–Crippen MR) is 63.4 cm³/mol. The van der Waals surface area contributed by atoms with E-state index in [1.54, 1.807) is 12.5 Å². The first kappa shape index (κ1) is 10.6. The molecule has 1 atom stereocenters. The Hall–Kier alpha value is 0.0400. The molecule has 14 heavy (non-hydrogen) atoms. The van der Waals surface area contributed by atoms with E-state index in [4.69, 9.17) is 27.6 Å². The van der Waals surface area contributed by atoms with Crippen molar-refractivity contribution in [2.75, 3.05) is 0 Å². The molecule has 2 rings (SSSR count). The molecule has 2 heterocycles. The van der Waals surface area contributed by atoms with Gasteiger partial charge in [0.1, 0.15) is 4.34 Å². The minimum Gasteiger partial charge on any atom is -0.472 e. The minimum absolute atomic E-state index is 0.192. The Morgan fingerprint density at radius 2 is 2.29 bits per heavy atom. The van der Waals surface area contributed by atoms with Gasteiger partial charge in [0.15, 0.2) is 0 Å². The Morgan fingerprint density at radius 1 is 1.50 bits per heavy atom. The van der Waals surface area contributed by atoms with E-state index in [9.17, 15) is 0 Å². The smallest absolute Gasteiger partial charge is 0.107 e. The first-order valence-corrected chi connectivity index (χ1v) is 6.22. The van der Waals surface area contributed by atoms with Crippen molar-refractivity contribution in [1.29, 1.82) is 0 Å².